The van der Waals surface area contributed by atoms with Crippen molar-refractivity contribution < 1.29 is 18.6 Å². The highest BCUT2D eigenvalue weighted by atomic mass is 32.2. The number of rotatable bonds is 7. The molecule has 0 saturated heterocycles. The Kier molecular flexibility index (Phi) is 5.74. The van der Waals surface area contributed by atoms with E-state index in [1.165, 1.54) is 23.0 Å². The minimum Gasteiger partial charge on any atom is -0.434 e. The van der Waals surface area contributed by atoms with Gasteiger partial charge in [-0.05, 0) is 12.1 Å². The maximum Gasteiger partial charge on any atom is 0.387 e. The van der Waals surface area contributed by atoms with E-state index in [1.807, 2.05) is 0 Å². The first kappa shape index (κ1) is 21.4. The van der Waals surface area contributed by atoms with Crippen LogP contribution in [0.15, 0.2) is 47.9 Å². The number of aliphatic hydroxyl groups is 1. The van der Waals surface area contributed by atoms with Gasteiger partial charge in [0.2, 0.25) is 0 Å². The number of halogens is 2. The van der Waals surface area contributed by atoms with Crippen LogP contribution >= 0.6 is 11.8 Å². The first-order valence-electron chi connectivity index (χ1n) is 10.0. The number of hydrogen-bond acceptors (Lipinski definition) is 9. The Balaban J connectivity index is 1.51. The summed E-state index contributed by atoms with van der Waals surface area (Å²) in [5, 5.41) is 28.1. The predicted octanol–water partition coefficient (Wildman–Crippen LogP) is 2.67. The quantitative estimate of drug-likeness (QED) is 0.256. The molecule has 3 aromatic heterocycles. The summed E-state index contributed by atoms with van der Waals surface area (Å²) in [6.45, 7) is -1.92. The van der Waals surface area contributed by atoms with Crippen molar-refractivity contribution in [2.75, 3.05) is 23.7 Å². The van der Waals surface area contributed by atoms with E-state index in [0.29, 0.717) is 46.9 Å². The standard InChI is InChI=1S/C20H20F2N8O2S/c21-20(22)32-15-5-13-16(33-10(6-23)7-25-13)4-11(15)17-14(9-26-29-17)28-19(31)12-8-27-30-3-1-2-24-18(12)30/h1-5,8-10,19-20,25,28,31H,6-7,23H2,(H,26,29). The number of fused-ring (bicyclic) bond motifs is 2. The van der Waals surface area contributed by atoms with Crippen molar-refractivity contribution in [3.05, 3.63) is 48.5 Å². The lowest BCUT2D eigenvalue weighted by Crippen LogP contribution is -2.28. The minimum absolute atomic E-state index is 0.0255. The molecule has 0 radical (unpaired) electrons. The summed E-state index contributed by atoms with van der Waals surface area (Å²) in [6, 6.07) is 5.00. The van der Waals surface area contributed by atoms with Gasteiger partial charge in [0.1, 0.15) is 5.75 Å². The Labute approximate surface area is 190 Å². The summed E-state index contributed by atoms with van der Waals surface area (Å²) >= 11 is 1.56. The van der Waals surface area contributed by atoms with Gasteiger partial charge in [0.25, 0.3) is 0 Å². The van der Waals surface area contributed by atoms with Gasteiger partial charge in [-0.2, -0.15) is 19.0 Å². The molecule has 0 spiro atoms. The summed E-state index contributed by atoms with van der Waals surface area (Å²) in [6.07, 6.45) is 5.08. The monoisotopic (exact) mass is 474 g/mol. The molecule has 2 unspecified atom stereocenters. The Hall–Kier alpha value is -3.42. The zero-order valence-corrected chi connectivity index (χ0v) is 17.9. The number of thioether (sulfide) groups is 1. The van der Waals surface area contributed by atoms with Crippen molar-refractivity contribution in [1.29, 1.82) is 0 Å². The summed E-state index contributed by atoms with van der Waals surface area (Å²) in [7, 11) is 0. The number of aliphatic hydroxyl groups excluding tert-OH is 1. The zero-order valence-electron chi connectivity index (χ0n) is 17.1. The highest BCUT2D eigenvalue weighted by Gasteiger charge is 2.25. The first-order chi connectivity index (χ1) is 16.0. The number of nitrogens with zero attached hydrogens (tertiary/aromatic N) is 4. The lowest BCUT2D eigenvalue weighted by Gasteiger charge is -2.26. The van der Waals surface area contributed by atoms with Crippen LogP contribution < -0.4 is 21.1 Å². The maximum absolute atomic E-state index is 13.2. The summed E-state index contributed by atoms with van der Waals surface area (Å²) < 4.78 is 32.7. The van der Waals surface area contributed by atoms with E-state index in [1.54, 1.807) is 36.3 Å². The second-order valence-electron chi connectivity index (χ2n) is 7.27. The van der Waals surface area contributed by atoms with Crippen molar-refractivity contribution in [3.63, 3.8) is 0 Å². The van der Waals surface area contributed by atoms with Crippen LogP contribution in [-0.2, 0) is 0 Å². The highest BCUT2D eigenvalue weighted by molar-refractivity contribution is 8.00. The number of benzene rings is 1. The van der Waals surface area contributed by atoms with Crippen LogP contribution in [0.4, 0.5) is 20.2 Å². The first-order valence-corrected chi connectivity index (χ1v) is 10.9. The van der Waals surface area contributed by atoms with E-state index in [0.717, 1.165) is 4.90 Å². The molecule has 33 heavy (non-hydrogen) atoms. The van der Waals surface area contributed by atoms with Gasteiger partial charge in [-0.3, -0.25) is 5.10 Å². The number of nitrogens with two attached hydrogens (primary N) is 1. The molecule has 1 aromatic carbocycles. The van der Waals surface area contributed by atoms with Gasteiger partial charge < -0.3 is 26.2 Å². The van der Waals surface area contributed by atoms with Crippen LogP contribution in [0.1, 0.15) is 11.8 Å². The summed E-state index contributed by atoms with van der Waals surface area (Å²) in [5.74, 6) is -0.0255. The van der Waals surface area contributed by atoms with Crippen LogP contribution in [-0.4, -0.2) is 54.9 Å². The van der Waals surface area contributed by atoms with Crippen molar-refractivity contribution in [1.82, 2.24) is 24.8 Å². The van der Waals surface area contributed by atoms with Crippen LogP contribution in [0.5, 0.6) is 5.75 Å². The molecule has 4 heterocycles. The largest absolute Gasteiger partial charge is 0.434 e. The Bertz CT molecular complexity index is 1280. The molecular weight excluding hydrogens is 454 g/mol. The average Bonchev–Trinajstić information content (AvgIpc) is 3.45. The zero-order chi connectivity index (χ0) is 22.9. The Morgan fingerprint density at radius 3 is 3.06 bits per heavy atom. The topological polar surface area (TPSA) is 138 Å². The van der Waals surface area contributed by atoms with Crippen molar-refractivity contribution in [3.8, 4) is 17.0 Å². The third-order valence-corrected chi connectivity index (χ3v) is 6.46. The van der Waals surface area contributed by atoms with Gasteiger partial charge in [0, 0.05) is 47.3 Å². The van der Waals surface area contributed by atoms with E-state index in [9.17, 15) is 13.9 Å². The van der Waals surface area contributed by atoms with Crippen LogP contribution in [0.3, 0.4) is 0 Å². The van der Waals surface area contributed by atoms with E-state index in [-0.39, 0.29) is 11.0 Å². The second-order valence-corrected chi connectivity index (χ2v) is 8.62. The molecule has 4 aromatic rings. The highest BCUT2D eigenvalue weighted by Crippen LogP contribution is 2.44. The number of anilines is 2. The minimum atomic E-state index is -3.01. The van der Waals surface area contributed by atoms with E-state index < -0.39 is 12.8 Å². The fraction of sp³-hybridized carbons (Fsp3) is 0.250. The number of ether oxygens (including phenoxy) is 1. The van der Waals surface area contributed by atoms with E-state index >= 15 is 0 Å². The number of nitrogens with one attached hydrogen (secondary N) is 3. The molecule has 172 valence electrons. The van der Waals surface area contributed by atoms with E-state index in [2.05, 4.69) is 30.9 Å². The fourth-order valence-corrected chi connectivity index (χ4v) is 4.69. The predicted molar refractivity (Wildman–Crippen MR) is 119 cm³/mol. The SMILES string of the molecule is NCC1CNc2cc(OC(F)F)c(-c3[nH]ncc3NC(O)c3cnn4cccnc34)cc2S1. The summed E-state index contributed by atoms with van der Waals surface area (Å²) in [4.78, 5) is 5.08. The lowest BCUT2D eigenvalue weighted by atomic mass is 10.1. The molecule has 0 amide bonds. The molecule has 10 nitrogen and oxygen atoms in total. The van der Waals surface area contributed by atoms with Gasteiger partial charge in [-0.25, -0.2) is 9.50 Å². The lowest BCUT2D eigenvalue weighted by molar-refractivity contribution is -0.0494. The molecule has 1 aliphatic heterocycles. The molecule has 2 atom stereocenters. The van der Waals surface area contributed by atoms with Crippen molar-refractivity contribution in [2.45, 2.75) is 23.0 Å². The van der Waals surface area contributed by atoms with Gasteiger partial charge in [-0.15, -0.1) is 11.8 Å². The third-order valence-electron chi connectivity index (χ3n) is 5.18. The molecule has 0 bridgehead atoms. The van der Waals surface area contributed by atoms with Crippen molar-refractivity contribution >= 4 is 28.8 Å². The van der Waals surface area contributed by atoms with Gasteiger partial charge in [0.15, 0.2) is 11.9 Å². The molecule has 0 saturated carbocycles. The normalized spacial score (nSPS) is 16.5. The number of H-pyrrole nitrogens is 1. The average molecular weight is 474 g/mol. The second kappa shape index (κ2) is 8.84. The van der Waals surface area contributed by atoms with E-state index in [4.69, 9.17) is 10.5 Å². The molecule has 1 aliphatic rings. The van der Waals surface area contributed by atoms with Gasteiger partial charge in [0.05, 0.1) is 35.0 Å². The van der Waals surface area contributed by atoms with Crippen LogP contribution in [0, 0.1) is 0 Å². The third kappa shape index (κ3) is 4.17. The Morgan fingerprint density at radius 2 is 2.24 bits per heavy atom. The smallest absolute Gasteiger partial charge is 0.387 e. The number of aromatic nitrogens is 5. The van der Waals surface area contributed by atoms with Crippen LogP contribution in [0.2, 0.25) is 0 Å². The molecular formula is C20H20F2N8O2S. The number of aromatic amines is 1. The molecule has 0 fully saturated rings. The Morgan fingerprint density at radius 1 is 1.36 bits per heavy atom. The summed E-state index contributed by atoms with van der Waals surface area (Å²) in [5.41, 5.74) is 8.56. The molecule has 0 aliphatic carbocycles. The van der Waals surface area contributed by atoms with Crippen LogP contribution in [0.25, 0.3) is 16.9 Å². The maximum atomic E-state index is 13.2. The number of hydrogen-bond donors (Lipinski definition) is 5. The van der Waals surface area contributed by atoms with Crippen molar-refractivity contribution in [2.24, 2.45) is 5.73 Å². The van der Waals surface area contributed by atoms with Gasteiger partial charge in [-0.1, -0.05) is 0 Å². The van der Waals surface area contributed by atoms with Gasteiger partial charge >= 0.3 is 6.61 Å². The molecule has 6 N–H and O–H groups in total. The molecule has 13 heteroatoms. The molecule has 5 rings (SSSR count). The number of alkyl halides is 2. The fourth-order valence-electron chi connectivity index (χ4n) is 3.63.